The SMILES string of the molecule is CC1(C)CSC(CN=[N+]=[N-])N1. The summed E-state index contributed by atoms with van der Waals surface area (Å²) < 4.78 is 0. The van der Waals surface area contributed by atoms with Crippen molar-refractivity contribution < 1.29 is 0 Å². The smallest absolute Gasteiger partial charge is 0.0593 e. The molecular formula is C6H12N4S. The second-order valence-electron chi connectivity index (χ2n) is 3.24. The Morgan fingerprint density at radius 3 is 3.00 bits per heavy atom. The van der Waals surface area contributed by atoms with Crippen molar-refractivity contribution in [1.29, 1.82) is 0 Å². The molecule has 1 heterocycles. The number of nitrogens with one attached hydrogen (secondary N) is 1. The van der Waals surface area contributed by atoms with Crippen LogP contribution in [0, 0.1) is 0 Å². The molecule has 0 amide bonds. The Morgan fingerprint density at radius 2 is 2.55 bits per heavy atom. The summed E-state index contributed by atoms with van der Waals surface area (Å²) in [7, 11) is 0. The summed E-state index contributed by atoms with van der Waals surface area (Å²) in [4.78, 5) is 2.72. The van der Waals surface area contributed by atoms with E-state index in [0.29, 0.717) is 11.9 Å². The van der Waals surface area contributed by atoms with E-state index >= 15 is 0 Å². The summed E-state index contributed by atoms with van der Waals surface area (Å²) in [5, 5.41) is 7.19. The Hall–Kier alpha value is -0.380. The van der Waals surface area contributed by atoms with Gasteiger partial charge in [0, 0.05) is 16.2 Å². The average Bonchev–Trinajstić information content (AvgIpc) is 2.26. The van der Waals surface area contributed by atoms with E-state index < -0.39 is 0 Å². The fourth-order valence-corrected chi connectivity index (χ4v) is 2.31. The highest BCUT2D eigenvalue weighted by Gasteiger charge is 2.29. The summed E-state index contributed by atoms with van der Waals surface area (Å²) in [6, 6.07) is 0. The van der Waals surface area contributed by atoms with E-state index in [4.69, 9.17) is 5.53 Å². The van der Waals surface area contributed by atoms with Gasteiger partial charge in [0.15, 0.2) is 0 Å². The number of hydrogen-bond donors (Lipinski definition) is 1. The maximum atomic E-state index is 8.08. The third-order valence-corrected chi connectivity index (χ3v) is 3.07. The Kier molecular flexibility index (Phi) is 2.65. The number of hydrogen-bond acceptors (Lipinski definition) is 3. The maximum Gasteiger partial charge on any atom is 0.0593 e. The summed E-state index contributed by atoms with van der Waals surface area (Å²) in [6.07, 6.45) is 0. The van der Waals surface area contributed by atoms with Crippen LogP contribution in [0.5, 0.6) is 0 Å². The van der Waals surface area contributed by atoms with Gasteiger partial charge >= 0.3 is 0 Å². The molecule has 0 aliphatic carbocycles. The first-order chi connectivity index (χ1) is 5.14. The standard InChI is InChI=1S/C6H12N4S/c1-6(2)4-11-5(9-6)3-8-10-7/h5,9H,3-4H2,1-2H3. The van der Waals surface area contributed by atoms with Gasteiger partial charge < -0.3 is 0 Å². The largest absolute Gasteiger partial charge is 0.299 e. The molecule has 1 atom stereocenters. The van der Waals surface area contributed by atoms with Crippen LogP contribution >= 0.6 is 11.8 Å². The third kappa shape index (κ3) is 2.61. The molecule has 1 N–H and O–H groups in total. The van der Waals surface area contributed by atoms with E-state index in [2.05, 4.69) is 29.2 Å². The Bertz CT molecular complexity index is 185. The van der Waals surface area contributed by atoms with Gasteiger partial charge in [-0.15, -0.1) is 11.8 Å². The third-order valence-electron chi connectivity index (χ3n) is 1.51. The quantitative estimate of drug-likeness (QED) is 0.392. The van der Waals surface area contributed by atoms with Crippen molar-refractivity contribution in [3.05, 3.63) is 10.4 Å². The predicted octanol–water partition coefficient (Wildman–Crippen LogP) is 1.74. The molecule has 1 saturated heterocycles. The topological polar surface area (TPSA) is 60.8 Å². The van der Waals surface area contributed by atoms with Crippen LogP contribution in [-0.2, 0) is 0 Å². The van der Waals surface area contributed by atoms with E-state index in [1.54, 1.807) is 0 Å². The van der Waals surface area contributed by atoms with Gasteiger partial charge in [-0.1, -0.05) is 5.11 Å². The predicted molar refractivity (Wildman–Crippen MR) is 47.5 cm³/mol. The van der Waals surface area contributed by atoms with Crippen molar-refractivity contribution in [2.75, 3.05) is 12.3 Å². The zero-order valence-corrected chi connectivity index (χ0v) is 7.56. The number of azide groups is 1. The van der Waals surface area contributed by atoms with E-state index in [9.17, 15) is 0 Å². The minimum absolute atomic E-state index is 0.195. The summed E-state index contributed by atoms with van der Waals surface area (Å²) in [5.41, 5.74) is 8.27. The number of rotatable bonds is 2. The van der Waals surface area contributed by atoms with Gasteiger partial charge in [-0.2, -0.15) is 0 Å². The molecule has 0 bridgehead atoms. The molecule has 1 fully saturated rings. The summed E-state index contributed by atoms with van der Waals surface area (Å²) >= 11 is 1.81. The molecule has 0 aromatic heterocycles. The number of nitrogens with zero attached hydrogens (tertiary/aromatic N) is 3. The van der Waals surface area contributed by atoms with Crippen LogP contribution in [0.25, 0.3) is 10.4 Å². The van der Waals surface area contributed by atoms with Crippen LogP contribution in [-0.4, -0.2) is 23.2 Å². The van der Waals surface area contributed by atoms with E-state index in [0.717, 1.165) is 5.75 Å². The maximum absolute atomic E-state index is 8.08. The highest BCUT2D eigenvalue weighted by molar-refractivity contribution is 8.00. The molecule has 1 unspecified atom stereocenters. The molecule has 62 valence electrons. The zero-order valence-electron chi connectivity index (χ0n) is 6.74. The second kappa shape index (κ2) is 3.34. The lowest BCUT2D eigenvalue weighted by molar-refractivity contribution is 0.449. The molecule has 5 heteroatoms. The van der Waals surface area contributed by atoms with Crippen LogP contribution < -0.4 is 5.32 Å². The molecule has 0 saturated carbocycles. The van der Waals surface area contributed by atoms with Crippen LogP contribution in [0.4, 0.5) is 0 Å². The van der Waals surface area contributed by atoms with Crippen LogP contribution in [0.2, 0.25) is 0 Å². The van der Waals surface area contributed by atoms with Crippen molar-refractivity contribution in [3.8, 4) is 0 Å². The van der Waals surface area contributed by atoms with E-state index in [1.807, 2.05) is 11.8 Å². The van der Waals surface area contributed by atoms with Gasteiger partial charge in [0.05, 0.1) is 11.9 Å². The molecule has 11 heavy (non-hydrogen) atoms. The van der Waals surface area contributed by atoms with Crippen LogP contribution in [0.1, 0.15) is 13.8 Å². The minimum Gasteiger partial charge on any atom is -0.299 e. The van der Waals surface area contributed by atoms with Gasteiger partial charge in [-0.3, -0.25) is 5.32 Å². The van der Waals surface area contributed by atoms with Gasteiger partial charge in [-0.25, -0.2) is 0 Å². The molecule has 1 aliphatic heterocycles. The Balaban J connectivity index is 2.36. The first-order valence-electron chi connectivity index (χ1n) is 3.54. The Labute approximate surface area is 70.4 Å². The normalized spacial score (nSPS) is 28.0. The minimum atomic E-state index is 0.195. The van der Waals surface area contributed by atoms with Gasteiger partial charge in [0.25, 0.3) is 0 Å². The molecular weight excluding hydrogens is 160 g/mol. The molecule has 1 rings (SSSR count). The Morgan fingerprint density at radius 1 is 1.82 bits per heavy atom. The number of thioether (sulfide) groups is 1. The van der Waals surface area contributed by atoms with Crippen LogP contribution in [0.15, 0.2) is 5.11 Å². The fraction of sp³-hybridized carbons (Fsp3) is 1.00. The van der Waals surface area contributed by atoms with Gasteiger partial charge in [0.2, 0.25) is 0 Å². The van der Waals surface area contributed by atoms with Crippen molar-refractivity contribution in [1.82, 2.24) is 5.32 Å². The lowest BCUT2D eigenvalue weighted by Gasteiger charge is -2.17. The van der Waals surface area contributed by atoms with Gasteiger partial charge in [-0.05, 0) is 19.4 Å². The fourth-order valence-electron chi connectivity index (χ4n) is 1.04. The lowest BCUT2D eigenvalue weighted by atomic mass is 10.1. The molecule has 0 aromatic rings. The summed E-state index contributed by atoms with van der Waals surface area (Å²) in [6.45, 7) is 4.84. The average molecular weight is 172 g/mol. The lowest BCUT2D eigenvalue weighted by Crippen LogP contribution is -2.39. The van der Waals surface area contributed by atoms with Crippen LogP contribution in [0.3, 0.4) is 0 Å². The van der Waals surface area contributed by atoms with Crippen molar-refractivity contribution in [2.45, 2.75) is 24.8 Å². The second-order valence-corrected chi connectivity index (χ2v) is 4.43. The highest BCUT2D eigenvalue weighted by atomic mass is 32.2. The van der Waals surface area contributed by atoms with Crippen molar-refractivity contribution >= 4 is 11.8 Å². The van der Waals surface area contributed by atoms with Crippen molar-refractivity contribution in [3.63, 3.8) is 0 Å². The zero-order chi connectivity index (χ0) is 8.32. The molecule has 4 nitrogen and oxygen atoms in total. The highest BCUT2D eigenvalue weighted by Crippen LogP contribution is 2.25. The van der Waals surface area contributed by atoms with Crippen molar-refractivity contribution in [2.24, 2.45) is 5.11 Å². The summed E-state index contributed by atoms with van der Waals surface area (Å²) in [5.74, 6) is 1.08. The first kappa shape index (κ1) is 8.71. The molecule has 0 spiro atoms. The first-order valence-corrected chi connectivity index (χ1v) is 4.59. The monoisotopic (exact) mass is 172 g/mol. The molecule has 0 aromatic carbocycles. The van der Waals surface area contributed by atoms with Gasteiger partial charge in [0.1, 0.15) is 0 Å². The van der Waals surface area contributed by atoms with E-state index in [-0.39, 0.29) is 5.54 Å². The molecule has 0 radical (unpaired) electrons. The molecule has 1 aliphatic rings. The van der Waals surface area contributed by atoms with E-state index in [1.165, 1.54) is 0 Å².